The van der Waals surface area contributed by atoms with Crippen LogP contribution in [0.1, 0.15) is 19.8 Å². The van der Waals surface area contributed by atoms with E-state index in [4.69, 9.17) is 9.47 Å². The van der Waals surface area contributed by atoms with Crippen molar-refractivity contribution >= 4 is 38.7 Å². The van der Waals surface area contributed by atoms with Crippen molar-refractivity contribution in [3.8, 4) is 5.75 Å². The summed E-state index contributed by atoms with van der Waals surface area (Å²) < 4.78 is 11.4. The maximum absolute atomic E-state index is 12.6. The van der Waals surface area contributed by atoms with Crippen LogP contribution in [0, 0.1) is 5.92 Å². The first-order chi connectivity index (χ1) is 14.1. The lowest BCUT2D eigenvalue weighted by Gasteiger charge is -2.39. The van der Waals surface area contributed by atoms with Crippen LogP contribution in [-0.4, -0.2) is 67.8 Å². The minimum absolute atomic E-state index is 0.0142. The highest BCUT2D eigenvalue weighted by atomic mass is 32.1. The van der Waals surface area contributed by atoms with E-state index >= 15 is 0 Å². The third kappa shape index (κ3) is 4.24. The number of likely N-dealkylation sites (tertiary alicyclic amines) is 1. The number of thiazole rings is 1. The molecule has 9 heteroatoms. The van der Waals surface area contributed by atoms with Crippen LogP contribution < -0.4 is 15.0 Å². The van der Waals surface area contributed by atoms with Crippen LogP contribution in [0.15, 0.2) is 18.2 Å². The van der Waals surface area contributed by atoms with Crippen LogP contribution in [0.25, 0.3) is 10.2 Å². The second-order valence-corrected chi connectivity index (χ2v) is 8.41. The smallest absolute Gasteiger partial charge is 0.409 e. The molecule has 2 aromatic rings. The molecule has 3 heterocycles. The largest absolute Gasteiger partial charge is 0.497 e. The Balaban J connectivity index is 1.25. The minimum Gasteiger partial charge on any atom is -0.497 e. The zero-order valence-corrected chi connectivity index (χ0v) is 17.5. The predicted octanol–water partition coefficient (Wildman–Crippen LogP) is 2.48. The van der Waals surface area contributed by atoms with Crippen molar-refractivity contribution in [2.45, 2.75) is 25.8 Å². The number of anilines is 1. The number of fused-ring (bicyclic) bond motifs is 1. The van der Waals surface area contributed by atoms with Gasteiger partial charge in [0, 0.05) is 32.2 Å². The summed E-state index contributed by atoms with van der Waals surface area (Å²) in [6, 6.07) is 5.98. The first kappa shape index (κ1) is 19.8. The molecule has 2 fully saturated rings. The second-order valence-electron chi connectivity index (χ2n) is 7.40. The number of nitrogens with one attached hydrogen (secondary N) is 1. The molecule has 156 valence electrons. The summed E-state index contributed by atoms with van der Waals surface area (Å²) in [5.74, 6) is 0.904. The number of hydrogen-bond donors (Lipinski definition) is 1. The van der Waals surface area contributed by atoms with Gasteiger partial charge in [0.15, 0.2) is 5.13 Å². The number of carbonyl (C=O) groups is 2. The summed E-state index contributed by atoms with van der Waals surface area (Å²) in [5, 5.41) is 4.09. The van der Waals surface area contributed by atoms with E-state index in [1.807, 2.05) is 18.2 Å². The average molecular weight is 419 g/mol. The van der Waals surface area contributed by atoms with Gasteiger partial charge in [-0.1, -0.05) is 11.3 Å². The summed E-state index contributed by atoms with van der Waals surface area (Å²) in [7, 11) is 1.66. The zero-order chi connectivity index (χ0) is 20.4. The third-order valence-electron chi connectivity index (χ3n) is 5.47. The van der Waals surface area contributed by atoms with Crippen molar-refractivity contribution in [1.82, 2.24) is 15.2 Å². The molecule has 8 nitrogen and oxygen atoms in total. The number of methoxy groups -OCH3 is 1. The molecular formula is C20H26N4O4S. The molecule has 0 bridgehead atoms. The van der Waals surface area contributed by atoms with Crippen LogP contribution >= 0.6 is 11.3 Å². The van der Waals surface area contributed by atoms with Crippen molar-refractivity contribution in [2.24, 2.45) is 5.92 Å². The Morgan fingerprint density at radius 1 is 1.28 bits per heavy atom. The van der Waals surface area contributed by atoms with E-state index < -0.39 is 0 Å². The van der Waals surface area contributed by atoms with Gasteiger partial charge in [-0.25, -0.2) is 9.78 Å². The molecule has 29 heavy (non-hydrogen) atoms. The van der Waals surface area contributed by atoms with Crippen molar-refractivity contribution in [1.29, 1.82) is 0 Å². The Labute approximate surface area is 173 Å². The van der Waals surface area contributed by atoms with E-state index in [2.05, 4.69) is 15.2 Å². The van der Waals surface area contributed by atoms with Crippen molar-refractivity contribution in [2.75, 3.05) is 44.8 Å². The number of amides is 2. The van der Waals surface area contributed by atoms with E-state index in [0.29, 0.717) is 32.8 Å². The number of nitrogens with zero attached hydrogens (tertiary/aromatic N) is 3. The van der Waals surface area contributed by atoms with Crippen LogP contribution in [0.2, 0.25) is 0 Å². The molecule has 0 aliphatic carbocycles. The number of rotatable bonds is 5. The molecule has 0 saturated carbocycles. The highest BCUT2D eigenvalue weighted by Gasteiger charge is 2.36. The number of ether oxygens (including phenoxy) is 2. The maximum Gasteiger partial charge on any atom is 0.409 e. The lowest BCUT2D eigenvalue weighted by Crippen LogP contribution is -2.56. The predicted molar refractivity (Wildman–Crippen MR) is 112 cm³/mol. The van der Waals surface area contributed by atoms with Crippen LogP contribution in [0.4, 0.5) is 9.93 Å². The normalized spacial score (nSPS) is 17.9. The van der Waals surface area contributed by atoms with Crippen molar-refractivity contribution in [3.63, 3.8) is 0 Å². The van der Waals surface area contributed by atoms with E-state index in [0.717, 1.165) is 33.9 Å². The quantitative estimate of drug-likeness (QED) is 0.803. The van der Waals surface area contributed by atoms with Crippen LogP contribution in [0.3, 0.4) is 0 Å². The van der Waals surface area contributed by atoms with Crippen molar-refractivity contribution in [3.05, 3.63) is 18.2 Å². The molecule has 1 aromatic carbocycles. The number of carbonyl (C=O) groups excluding carboxylic acids is 2. The molecule has 1 N–H and O–H groups in total. The van der Waals surface area contributed by atoms with Gasteiger partial charge in [-0.15, -0.1) is 0 Å². The molecule has 2 aliphatic rings. The fourth-order valence-electron chi connectivity index (χ4n) is 3.70. The van der Waals surface area contributed by atoms with Gasteiger partial charge in [0.2, 0.25) is 5.91 Å². The highest BCUT2D eigenvalue weighted by Crippen LogP contribution is 2.34. The molecule has 0 unspecified atom stereocenters. The maximum atomic E-state index is 12.6. The Kier molecular flexibility index (Phi) is 5.75. The molecule has 1 aromatic heterocycles. The summed E-state index contributed by atoms with van der Waals surface area (Å²) in [5.41, 5.74) is 0.951. The highest BCUT2D eigenvalue weighted by molar-refractivity contribution is 7.22. The first-order valence-corrected chi connectivity index (χ1v) is 10.8. The number of hydrogen-bond acceptors (Lipinski definition) is 7. The van der Waals surface area contributed by atoms with Gasteiger partial charge in [0.1, 0.15) is 5.75 Å². The Bertz CT molecular complexity index is 888. The molecule has 2 aliphatic heterocycles. The lowest BCUT2D eigenvalue weighted by molar-refractivity contribution is -0.126. The minimum atomic E-state index is -0.264. The molecular weight excluding hydrogens is 392 g/mol. The number of aromatic nitrogens is 1. The summed E-state index contributed by atoms with van der Waals surface area (Å²) in [6.07, 6.45) is 1.27. The zero-order valence-electron chi connectivity index (χ0n) is 16.7. The van der Waals surface area contributed by atoms with E-state index in [-0.39, 0.29) is 24.0 Å². The van der Waals surface area contributed by atoms with Crippen LogP contribution in [-0.2, 0) is 9.53 Å². The standard InChI is InChI=1S/C20H26N4O4S/c1-3-28-20(26)23-8-6-14(7-9-23)21-18(25)13-11-24(12-13)19-22-16-5-4-15(27-2)10-17(16)29-19/h4-5,10,13-14H,3,6-9,11-12H2,1-2H3,(H,21,25). The summed E-state index contributed by atoms with van der Waals surface area (Å²) >= 11 is 1.62. The van der Waals surface area contributed by atoms with E-state index in [1.165, 1.54) is 0 Å². The fraction of sp³-hybridized carbons (Fsp3) is 0.550. The van der Waals surface area contributed by atoms with E-state index in [9.17, 15) is 9.59 Å². The Morgan fingerprint density at radius 2 is 2.03 bits per heavy atom. The molecule has 2 saturated heterocycles. The monoisotopic (exact) mass is 418 g/mol. The van der Waals surface area contributed by atoms with Gasteiger partial charge < -0.3 is 24.6 Å². The second kappa shape index (κ2) is 8.44. The van der Waals surface area contributed by atoms with Gasteiger partial charge in [0.05, 0.1) is 29.9 Å². The van der Waals surface area contributed by atoms with Gasteiger partial charge in [-0.2, -0.15) is 0 Å². The van der Waals surface area contributed by atoms with E-state index in [1.54, 1.807) is 30.3 Å². The molecule has 0 radical (unpaired) electrons. The Hall–Kier alpha value is -2.55. The summed E-state index contributed by atoms with van der Waals surface area (Å²) in [6.45, 7) is 4.80. The van der Waals surface area contributed by atoms with Crippen LogP contribution in [0.5, 0.6) is 5.75 Å². The van der Waals surface area contributed by atoms with Crippen molar-refractivity contribution < 1.29 is 19.1 Å². The van der Waals surface area contributed by atoms with Gasteiger partial charge in [-0.05, 0) is 38.0 Å². The summed E-state index contributed by atoms with van der Waals surface area (Å²) in [4.78, 5) is 32.8. The fourth-order valence-corrected chi connectivity index (χ4v) is 4.71. The third-order valence-corrected chi connectivity index (χ3v) is 6.55. The Morgan fingerprint density at radius 3 is 2.72 bits per heavy atom. The lowest BCUT2D eigenvalue weighted by atomic mass is 9.98. The van der Waals surface area contributed by atoms with Gasteiger partial charge >= 0.3 is 6.09 Å². The SMILES string of the molecule is CCOC(=O)N1CCC(NC(=O)C2CN(c3nc4ccc(OC)cc4s3)C2)CC1. The molecule has 2 amide bonds. The van der Waals surface area contributed by atoms with Gasteiger partial charge in [-0.3, -0.25) is 4.79 Å². The number of benzene rings is 1. The van der Waals surface area contributed by atoms with Gasteiger partial charge in [0.25, 0.3) is 0 Å². The number of piperidine rings is 1. The molecule has 4 rings (SSSR count). The first-order valence-electron chi connectivity index (χ1n) is 9.99. The molecule has 0 spiro atoms. The molecule has 0 atom stereocenters. The topological polar surface area (TPSA) is 84.0 Å². The average Bonchev–Trinajstić information content (AvgIpc) is 3.10.